The third-order valence-electron chi connectivity index (χ3n) is 7.34. The van der Waals surface area contributed by atoms with E-state index in [-0.39, 0.29) is 11.7 Å². The molecule has 0 radical (unpaired) electrons. The van der Waals surface area contributed by atoms with Gasteiger partial charge in [0.1, 0.15) is 5.82 Å². The minimum absolute atomic E-state index is 0.116. The standard InChI is InChI=1S/C29H39N5O2.C4H4O4/c1-3-10-24-20-32(22-29(36)30-16-4-2)18-19-33(24)21-28-31-25-13-8-9-14-26(25)34(28)17-15-27(35)23-11-6-5-7-12-23;5-3(6)1-2-4(7)8/h5-9,11-14,24H,3-4,10,15-22H2,1-2H3,(H,30,36);1-2H,(H,5,6)(H,7,8)/p-2. The van der Waals surface area contributed by atoms with E-state index in [4.69, 9.17) is 4.98 Å². The molecule has 4 rings (SSSR count). The Kier molecular flexibility index (Phi) is 13.7. The SMILES string of the molecule is CCCNC(=O)CN1CCN(Cc2nc3ccccc3n2CCC(=O)c2ccccc2)C(CCC)C1.O=C([O-])C=CC(=O)[O-]. The molecule has 3 aromatic rings. The van der Waals surface area contributed by atoms with Crippen LogP contribution in [0.3, 0.4) is 0 Å². The van der Waals surface area contributed by atoms with E-state index in [0.29, 0.717) is 37.7 Å². The Morgan fingerprint density at radius 2 is 1.61 bits per heavy atom. The van der Waals surface area contributed by atoms with E-state index in [1.54, 1.807) is 0 Å². The molecule has 1 aliphatic heterocycles. The molecule has 2 aromatic carbocycles. The number of carbonyl (C=O) groups is 4. The summed E-state index contributed by atoms with van der Waals surface area (Å²) in [6.07, 6.45) is 4.34. The maximum atomic E-state index is 12.8. The molecule has 2 heterocycles. The highest BCUT2D eigenvalue weighted by Gasteiger charge is 2.29. The minimum Gasteiger partial charge on any atom is -0.545 e. The summed E-state index contributed by atoms with van der Waals surface area (Å²) >= 11 is 0. The van der Waals surface area contributed by atoms with Crippen molar-refractivity contribution in [2.45, 2.75) is 58.7 Å². The maximum Gasteiger partial charge on any atom is 0.234 e. The molecule has 11 heteroatoms. The molecule has 44 heavy (non-hydrogen) atoms. The monoisotopic (exact) mass is 603 g/mol. The molecular formula is C33H41N5O6-2. The fourth-order valence-corrected chi connectivity index (χ4v) is 5.23. The van der Waals surface area contributed by atoms with Gasteiger partial charge in [0, 0.05) is 50.7 Å². The van der Waals surface area contributed by atoms with Gasteiger partial charge in [-0.1, -0.05) is 62.7 Å². The summed E-state index contributed by atoms with van der Waals surface area (Å²) in [7, 11) is 0. The number of ketones is 1. The number of rotatable bonds is 14. The Hall–Kier alpha value is -4.35. The first-order valence-electron chi connectivity index (χ1n) is 15.1. The van der Waals surface area contributed by atoms with E-state index in [2.05, 4.69) is 39.6 Å². The summed E-state index contributed by atoms with van der Waals surface area (Å²) in [5, 5.41) is 21.8. The molecule has 1 atom stereocenters. The lowest BCUT2D eigenvalue weighted by molar-refractivity contribution is -0.301. The Labute approximate surface area is 258 Å². The number of fused-ring (bicyclic) bond motifs is 1. The number of hydrogen-bond acceptors (Lipinski definition) is 9. The number of carboxylic acid groups (broad SMARTS) is 2. The molecule has 0 bridgehead atoms. The van der Waals surface area contributed by atoms with E-state index >= 15 is 0 Å². The number of para-hydroxylation sites is 2. The highest BCUT2D eigenvalue weighted by molar-refractivity contribution is 5.96. The van der Waals surface area contributed by atoms with Crippen LogP contribution in [0.5, 0.6) is 0 Å². The molecule has 0 saturated carbocycles. The van der Waals surface area contributed by atoms with E-state index in [9.17, 15) is 29.4 Å². The number of benzene rings is 2. The van der Waals surface area contributed by atoms with Crippen LogP contribution in [0.4, 0.5) is 0 Å². The highest BCUT2D eigenvalue weighted by atomic mass is 16.4. The number of hydrogen-bond donors (Lipinski definition) is 1. The quantitative estimate of drug-likeness (QED) is 0.212. The van der Waals surface area contributed by atoms with Crippen molar-refractivity contribution in [3.8, 4) is 0 Å². The van der Waals surface area contributed by atoms with Gasteiger partial charge in [0.15, 0.2) is 5.78 Å². The van der Waals surface area contributed by atoms with Crippen molar-refractivity contribution in [3.05, 3.63) is 78.1 Å². The summed E-state index contributed by atoms with van der Waals surface area (Å²) in [5.74, 6) is -1.82. The normalized spacial score (nSPS) is 15.5. The predicted octanol–water partition coefficient (Wildman–Crippen LogP) is 1.16. The maximum absolute atomic E-state index is 12.8. The van der Waals surface area contributed by atoms with Crippen molar-refractivity contribution < 1.29 is 29.4 Å². The van der Waals surface area contributed by atoms with Crippen LogP contribution in [-0.2, 0) is 27.5 Å². The molecule has 236 valence electrons. The van der Waals surface area contributed by atoms with Gasteiger partial charge in [-0.3, -0.25) is 19.4 Å². The van der Waals surface area contributed by atoms with Crippen molar-refractivity contribution in [3.63, 3.8) is 0 Å². The first-order chi connectivity index (χ1) is 21.2. The Morgan fingerprint density at radius 3 is 2.27 bits per heavy atom. The minimum atomic E-state index is -1.55. The van der Waals surface area contributed by atoms with Crippen molar-refractivity contribution in [2.24, 2.45) is 0 Å². The van der Waals surface area contributed by atoms with Crippen molar-refractivity contribution in [1.82, 2.24) is 24.7 Å². The number of aliphatic carboxylic acids is 2. The van der Waals surface area contributed by atoms with Gasteiger partial charge < -0.3 is 29.7 Å². The van der Waals surface area contributed by atoms with Gasteiger partial charge in [0.2, 0.25) is 5.91 Å². The van der Waals surface area contributed by atoms with Crippen molar-refractivity contribution >= 4 is 34.7 Å². The number of imidazole rings is 1. The third kappa shape index (κ3) is 10.7. The topological polar surface area (TPSA) is 151 Å². The summed E-state index contributed by atoms with van der Waals surface area (Å²) in [6.45, 7) is 9.50. The van der Waals surface area contributed by atoms with Crippen LogP contribution in [0.2, 0.25) is 0 Å². The highest BCUT2D eigenvalue weighted by Crippen LogP contribution is 2.22. The number of carbonyl (C=O) groups excluding carboxylic acids is 4. The molecular weight excluding hydrogens is 562 g/mol. The van der Waals surface area contributed by atoms with Gasteiger partial charge in [-0.2, -0.15) is 0 Å². The molecule has 1 N–H and O–H groups in total. The smallest absolute Gasteiger partial charge is 0.234 e. The number of carboxylic acids is 2. The van der Waals surface area contributed by atoms with Crippen LogP contribution >= 0.6 is 0 Å². The summed E-state index contributed by atoms with van der Waals surface area (Å²) < 4.78 is 2.23. The number of aromatic nitrogens is 2. The fourth-order valence-electron chi connectivity index (χ4n) is 5.23. The summed E-state index contributed by atoms with van der Waals surface area (Å²) in [4.78, 5) is 53.7. The van der Waals surface area contributed by atoms with Gasteiger partial charge in [-0.05, 0) is 37.1 Å². The van der Waals surface area contributed by atoms with Crippen molar-refractivity contribution in [1.29, 1.82) is 0 Å². The predicted molar refractivity (Wildman–Crippen MR) is 163 cm³/mol. The number of Topliss-reactive ketones (excluding diaryl/α,β-unsaturated/α-hetero) is 1. The van der Waals surface area contributed by atoms with Gasteiger partial charge in [-0.15, -0.1) is 0 Å². The largest absolute Gasteiger partial charge is 0.545 e. The van der Waals surface area contributed by atoms with Crippen LogP contribution in [0.15, 0.2) is 66.7 Å². The first kappa shape index (κ1) is 34.1. The molecule has 1 unspecified atom stereocenters. The van der Waals surface area contributed by atoms with Crippen LogP contribution in [0.25, 0.3) is 11.0 Å². The molecule has 1 aliphatic rings. The number of amides is 1. The molecule has 1 aromatic heterocycles. The Morgan fingerprint density at radius 1 is 0.932 bits per heavy atom. The second kappa shape index (κ2) is 17.7. The second-order valence-electron chi connectivity index (χ2n) is 10.7. The zero-order chi connectivity index (χ0) is 31.9. The van der Waals surface area contributed by atoms with Gasteiger partial charge >= 0.3 is 0 Å². The van der Waals surface area contributed by atoms with E-state index in [1.165, 1.54) is 0 Å². The van der Waals surface area contributed by atoms with E-state index < -0.39 is 11.9 Å². The molecule has 1 fully saturated rings. The average molecular weight is 604 g/mol. The van der Waals surface area contributed by atoms with E-state index in [1.807, 2.05) is 48.5 Å². The lowest BCUT2D eigenvalue weighted by Crippen LogP contribution is -2.54. The lowest BCUT2D eigenvalue weighted by Gasteiger charge is -2.41. The zero-order valence-electron chi connectivity index (χ0n) is 25.4. The molecule has 1 amide bonds. The summed E-state index contributed by atoms with van der Waals surface area (Å²) in [5.41, 5.74) is 2.80. The van der Waals surface area contributed by atoms with Crippen LogP contribution in [0.1, 0.15) is 55.7 Å². The zero-order valence-corrected chi connectivity index (χ0v) is 25.4. The van der Waals surface area contributed by atoms with Gasteiger partial charge in [-0.25, -0.2) is 4.98 Å². The van der Waals surface area contributed by atoms with E-state index in [0.717, 1.165) is 74.4 Å². The molecule has 1 saturated heterocycles. The van der Waals surface area contributed by atoms with Gasteiger partial charge in [0.25, 0.3) is 0 Å². The van der Waals surface area contributed by atoms with Gasteiger partial charge in [0.05, 0.1) is 36.1 Å². The Balaban J connectivity index is 0.000000583. The van der Waals surface area contributed by atoms with Crippen LogP contribution in [0, 0.1) is 0 Å². The summed E-state index contributed by atoms with van der Waals surface area (Å²) in [6, 6.07) is 18.1. The van der Waals surface area contributed by atoms with Crippen LogP contribution in [-0.4, -0.2) is 81.7 Å². The van der Waals surface area contributed by atoms with Crippen LogP contribution < -0.4 is 15.5 Å². The molecule has 11 nitrogen and oxygen atoms in total. The number of aryl methyl sites for hydroxylation is 1. The number of piperazine rings is 1. The fraction of sp³-hybridized carbons (Fsp3) is 0.424. The second-order valence-corrected chi connectivity index (χ2v) is 10.7. The number of nitrogens with zero attached hydrogens (tertiary/aromatic N) is 4. The lowest BCUT2D eigenvalue weighted by atomic mass is 10.1. The average Bonchev–Trinajstić information content (AvgIpc) is 3.36. The molecule has 0 spiro atoms. The number of nitrogens with one attached hydrogen (secondary N) is 1. The Bertz CT molecular complexity index is 1400. The first-order valence-corrected chi connectivity index (χ1v) is 15.1. The third-order valence-corrected chi connectivity index (χ3v) is 7.34. The molecule has 0 aliphatic carbocycles. The van der Waals surface area contributed by atoms with Crippen molar-refractivity contribution in [2.75, 3.05) is 32.7 Å².